The number of nitrogens with one attached hydrogen (secondary N) is 1. The maximum absolute atomic E-state index is 11.7. The maximum Gasteiger partial charge on any atom is 0.290 e. The molecule has 2 aliphatic rings. The van der Waals surface area contributed by atoms with Gasteiger partial charge in [-0.3, -0.25) is 14.9 Å². The summed E-state index contributed by atoms with van der Waals surface area (Å²) in [4.78, 5) is 36.9. The van der Waals surface area contributed by atoms with E-state index in [1.54, 1.807) is 18.3 Å². The highest BCUT2D eigenvalue weighted by Gasteiger charge is 2.25. The highest BCUT2D eigenvalue weighted by Crippen LogP contribution is 2.27. The first-order valence-corrected chi connectivity index (χ1v) is 10.8. The number of benzene rings is 1. The zero-order chi connectivity index (χ0) is 21.3. The molecule has 156 valence electrons. The Labute approximate surface area is 180 Å². The van der Waals surface area contributed by atoms with Gasteiger partial charge in [-0.15, -0.1) is 0 Å². The molecule has 0 radical (unpaired) electrons. The lowest BCUT2D eigenvalue weighted by atomic mass is 9.87. The Morgan fingerprint density at radius 2 is 1.67 bits per heavy atom. The van der Waals surface area contributed by atoms with E-state index in [1.807, 2.05) is 0 Å². The maximum atomic E-state index is 11.7. The monoisotopic (exact) mass is 423 g/mol. The van der Waals surface area contributed by atoms with Crippen LogP contribution in [0.3, 0.4) is 0 Å². The van der Waals surface area contributed by atoms with Gasteiger partial charge in [0.25, 0.3) is 11.1 Å². The van der Waals surface area contributed by atoms with Gasteiger partial charge in [0, 0.05) is 38.1 Å². The molecule has 2 aromatic rings. The molecule has 7 nitrogen and oxygen atoms in total. The lowest BCUT2D eigenvalue weighted by molar-refractivity contribution is -0.115. The summed E-state index contributed by atoms with van der Waals surface area (Å²) in [7, 11) is 0. The Balaban J connectivity index is 1.41. The summed E-state index contributed by atoms with van der Waals surface area (Å²) in [6.45, 7) is 10.1. The standard InChI is InChI=1S/C22H25N5O2S/c1-22(2,3)15-4-6-17(7-5-15)26-10-12-27(13-11-26)20-23-9-8-16(24-20)14-18-19(28)25-21(29)30-18/h4-9,14H,10-13H2,1-3H3,(H,25,28,29)/b18-14+. The fourth-order valence-corrected chi connectivity index (χ4v) is 4.15. The van der Waals surface area contributed by atoms with Crippen molar-refractivity contribution in [3.63, 3.8) is 0 Å². The third-order valence-electron chi connectivity index (χ3n) is 5.25. The van der Waals surface area contributed by atoms with Gasteiger partial charge >= 0.3 is 0 Å². The SMILES string of the molecule is CC(C)(C)c1ccc(N2CCN(c3nccc(/C=C4/SC(=O)NC4=O)n3)CC2)cc1. The molecule has 30 heavy (non-hydrogen) atoms. The van der Waals surface area contributed by atoms with Crippen LogP contribution in [0, 0.1) is 0 Å². The zero-order valence-corrected chi connectivity index (χ0v) is 18.2. The third kappa shape index (κ3) is 4.48. The summed E-state index contributed by atoms with van der Waals surface area (Å²) in [5, 5.41) is 1.90. The Morgan fingerprint density at radius 3 is 2.27 bits per heavy atom. The second-order valence-electron chi connectivity index (χ2n) is 8.40. The molecule has 8 heteroatoms. The van der Waals surface area contributed by atoms with Gasteiger partial charge in [-0.25, -0.2) is 9.97 Å². The van der Waals surface area contributed by atoms with Crippen molar-refractivity contribution < 1.29 is 9.59 Å². The predicted octanol–water partition coefficient (Wildman–Crippen LogP) is 3.42. The van der Waals surface area contributed by atoms with Crippen molar-refractivity contribution in [2.45, 2.75) is 26.2 Å². The van der Waals surface area contributed by atoms with Crippen molar-refractivity contribution in [2.24, 2.45) is 0 Å². The van der Waals surface area contributed by atoms with Crippen molar-refractivity contribution >= 4 is 40.6 Å². The number of amides is 2. The van der Waals surface area contributed by atoms with Gasteiger partial charge in [-0.2, -0.15) is 0 Å². The Bertz CT molecular complexity index is 989. The largest absolute Gasteiger partial charge is 0.368 e. The van der Waals surface area contributed by atoms with Crippen LogP contribution in [-0.4, -0.2) is 47.3 Å². The van der Waals surface area contributed by atoms with E-state index >= 15 is 0 Å². The number of rotatable bonds is 3. The van der Waals surface area contributed by atoms with Gasteiger partial charge in [0.15, 0.2) is 0 Å². The van der Waals surface area contributed by atoms with Crippen LogP contribution in [0.4, 0.5) is 16.4 Å². The summed E-state index contributed by atoms with van der Waals surface area (Å²) in [6.07, 6.45) is 3.31. The summed E-state index contributed by atoms with van der Waals surface area (Å²) >= 11 is 0.891. The van der Waals surface area contributed by atoms with Crippen LogP contribution in [0.1, 0.15) is 32.0 Å². The minimum atomic E-state index is -0.378. The Kier molecular flexibility index (Phi) is 5.51. The van der Waals surface area contributed by atoms with Crippen LogP contribution in [-0.2, 0) is 10.2 Å². The summed E-state index contributed by atoms with van der Waals surface area (Å²) in [6, 6.07) is 10.6. The molecule has 4 rings (SSSR count). The number of hydrogen-bond acceptors (Lipinski definition) is 7. The number of carbonyl (C=O) groups is 2. The molecule has 1 N–H and O–H groups in total. The van der Waals surface area contributed by atoms with Gasteiger partial charge in [0.2, 0.25) is 5.95 Å². The Morgan fingerprint density at radius 1 is 1.00 bits per heavy atom. The number of aromatic nitrogens is 2. The molecular weight excluding hydrogens is 398 g/mol. The smallest absolute Gasteiger partial charge is 0.290 e. The van der Waals surface area contributed by atoms with E-state index in [0.717, 1.165) is 37.9 Å². The van der Waals surface area contributed by atoms with Crippen LogP contribution in [0.2, 0.25) is 0 Å². The second-order valence-corrected chi connectivity index (χ2v) is 9.42. The van der Waals surface area contributed by atoms with E-state index < -0.39 is 0 Å². The van der Waals surface area contributed by atoms with Crippen LogP contribution >= 0.6 is 11.8 Å². The first-order chi connectivity index (χ1) is 14.3. The van der Waals surface area contributed by atoms with Crippen molar-refractivity contribution in [2.75, 3.05) is 36.0 Å². The molecule has 2 aliphatic heterocycles. The first kappa shape index (κ1) is 20.4. The number of thioether (sulfide) groups is 1. The summed E-state index contributed by atoms with van der Waals surface area (Å²) < 4.78 is 0. The molecule has 3 heterocycles. The molecule has 2 fully saturated rings. The van der Waals surface area contributed by atoms with E-state index in [4.69, 9.17) is 0 Å². The predicted molar refractivity (Wildman–Crippen MR) is 121 cm³/mol. The van der Waals surface area contributed by atoms with Crippen molar-refractivity contribution in [1.29, 1.82) is 0 Å². The molecule has 0 saturated carbocycles. The van der Waals surface area contributed by atoms with E-state index in [0.29, 0.717) is 16.5 Å². The van der Waals surface area contributed by atoms with Gasteiger partial charge in [0.05, 0.1) is 10.6 Å². The second kappa shape index (κ2) is 8.10. The average Bonchev–Trinajstić information content (AvgIpc) is 3.04. The van der Waals surface area contributed by atoms with Crippen molar-refractivity contribution in [3.05, 3.63) is 52.7 Å². The van der Waals surface area contributed by atoms with Gasteiger partial charge in [0.1, 0.15) is 0 Å². The lowest BCUT2D eigenvalue weighted by Gasteiger charge is -2.36. The molecule has 2 saturated heterocycles. The molecule has 0 spiro atoms. The molecule has 1 aromatic heterocycles. The zero-order valence-electron chi connectivity index (χ0n) is 17.4. The lowest BCUT2D eigenvalue weighted by Crippen LogP contribution is -2.47. The number of hydrogen-bond donors (Lipinski definition) is 1. The quantitative estimate of drug-likeness (QED) is 0.758. The fourth-order valence-electron chi connectivity index (χ4n) is 3.49. The number of piperazine rings is 1. The van der Waals surface area contributed by atoms with E-state index in [2.05, 4.69) is 70.1 Å². The Hall–Kier alpha value is -2.87. The molecule has 1 aromatic carbocycles. The van der Waals surface area contributed by atoms with Gasteiger partial charge in [-0.1, -0.05) is 32.9 Å². The highest BCUT2D eigenvalue weighted by atomic mass is 32.2. The van der Waals surface area contributed by atoms with Crippen molar-refractivity contribution in [1.82, 2.24) is 15.3 Å². The van der Waals surface area contributed by atoms with E-state index in [9.17, 15) is 9.59 Å². The van der Waals surface area contributed by atoms with Crippen LogP contribution in [0.5, 0.6) is 0 Å². The number of nitrogens with zero attached hydrogens (tertiary/aromatic N) is 4. The van der Waals surface area contributed by atoms with Crippen LogP contribution in [0.25, 0.3) is 6.08 Å². The van der Waals surface area contributed by atoms with Crippen molar-refractivity contribution in [3.8, 4) is 0 Å². The summed E-state index contributed by atoms with van der Waals surface area (Å²) in [5.74, 6) is 0.262. The molecule has 2 amide bonds. The van der Waals surface area contributed by atoms with Gasteiger partial charge < -0.3 is 9.80 Å². The molecule has 0 unspecified atom stereocenters. The molecular formula is C22H25N5O2S. The minimum absolute atomic E-state index is 0.153. The van der Waals surface area contributed by atoms with E-state index in [1.165, 1.54) is 11.3 Å². The van der Waals surface area contributed by atoms with Crippen LogP contribution in [0.15, 0.2) is 41.4 Å². The number of carbonyl (C=O) groups excluding carboxylic acids is 2. The summed E-state index contributed by atoms with van der Waals surface area (Å²) in [5.41, 5.74) is 3.34. The minimum Gasteiger partial charge on any atom is -0.368 e. The fraction of sp³-hybridized carbons (Fsp3) is 0.364. The highest BCUT2D eigenvalue weighted by molar-refractivity contribution is 8.18. The average molecular weight is 424 g/mol. The van der Waals surface area contributed by atoms with E-state index in [-0.39, 0.29) is 16.6 Å². The first-order valence-electron chi connectivity index (χ1n) is 9.98. The van der Waals surface area contributed by atoms with Gasteiger partial charge in [-0.05, 0) is 47.0 Å². The van der Waals surface area contributed by atoms with Crippen LogP contribution < -0.4 is 15.1 Å². The molecule has 0 aliphatic carbocycles. The number of imide groups is 1. The normalized spacial score (nSPS) is 18.8. The third-order valence-corrected chi connectivity index (χ3v) is 6.06. The number of anilines is 2. The molecule has 0 bridgehead atoms. The molecule has 0 atom stereocenters. The topological polar surface area (TPSA) is 78.4 Å².